The lowest BCUT2D eigenvalue weighted by Gasteiger charge is -2.29. The Balaban J connectivity index is 1.46. The van der Waals surface area contributed by atoms with Gasteiger partial charge in [0, 0.05) is 30.5 Å². The third-order valence-electron chi connectivity index (χ3n) is 7.35. The third-order valence-corrected chi connectivity index (χ3v) is 7.60. The number of hydrogen-bond donors (Lipinski definition) is 2. The SMILES string of the molecule is CC[C@H](CC(=O)O)C(=O)NC[C@@H](Cc1ccc(Cl)cc1)N(C)C(=O)OCC1c2ccccc2-c2ccccc21. The van der Waals surface area contributed by atoms with Gasteiger partial charge in [-0.2, -0.15) is 0 Å². The number of benzene rings is 3. The maximum absolute atomic E-state index is 13.3. The number of ether oxygens (including phenoxy) is 1. The van der Waals surface area contributed by atoms with E-state index in [2.05, 4.69) is 29.6 Å². The van der Waals surface area contributed by atoms with E-state index in [4.69, 9.17) is 21.4 Å². The van der Waals surface area contributed by atoms with E-state index in [9.17, 15) is 14.4 Å². The molecule has 0 saturated carbocycles. The summed E-state index contributed by atoms with van der Waals surface area (Å²) in [6.07, 6.45) is 0.116. The first-order valence-electron chi connectivity index (χ1n) is 13.1. The van der Waals surface area contributed by atoms with Crippen LogP contribution in [0, 0.1) is 5.92 Å². The first kappa shape index (κ1) is 28.2. The number of carboxylic acids is 1. The Bertz CT molecular complexity index is 1280. The molecule has 0 bridgehead atoms. The van der Waals surface area contributed by atoms with Crippen LogP contribution in [0.15, 0.2) is 72.8 Å². The van der Waals surface area contributed by atoms with Crippen LogP contribution in [-0.4, -0.2) is 54.2 Å². The van der Waals surface area contributed by atoms with Crippen molar-refractivity contribution in [1.29, 1.82) is 0 Å². The van der Waals surface area contributed by atoms with Gasteiger partial charge >= 0.3 is 12.1 Å². The maximum atomic E-state index is 13.3. The van der Waals surface area contributed by atoms with E-state index in [1.54, 1.807) is 26.1 Å². The zero-order valence-electron chi connectivity index (χ0n) is 22.1. The minimum Gasteiger partial charge on any atom is -0.481 e. The van der Waals surface area contributed by atoms with Crippen LogP contribution < -0.4 is 5.32 Å². The molecular formula is C31H33ClN2O5. The Kier molecular flexibility index (Phi) is 9.25. The van der Waals surface area contributed by atoms with Crippen molar-refractivity contribution < 1.29 is 24.2 Å². The number of hydrogen-bond acceptors (Lipinski definition) is 4. The second-order valence-electron chi connectivity index (χ2n) is 9.85. The molecule has 1 aliphatic carbocycles. The third kappa shape index (κ3) is 6.79. The number of nitrogens with one attached hydrogen (secondary N) is 1. The summed E-state index contributed by atoms with van der Waals surface area (Å²) in [7, 11) is 1.65. The summed E-state index contributed by atoms with van der Waals surface area (Å²) in [4.78, 5) is 38.6. The summed E-state index contributed by atoms with van der Waals surface area (Å²) in [5.41, 5.74) is 5.50. The van der Waals surface area contributed by atoms with Gasteiger partial charge in [-0.3, -0.25) is 9.59 Å². The topological polar surface area (TPSA) is 95.9 Å². The average molecular weight is 549 g/mol. The molecule has 0 heterocycles. The van der Waals surface area contributed by atoms with Gasteiger partial charge in [0.1, 0.15) is 6.61 Å². The highest BCUT2D eigenvalue weighted by atomic mass is 35.5. The van der Waals surface area contributed by atoms with Gasteiger partial charge in [-0.05, 0) is 52.8 Å². The molecule has 0 spiro atoms. The number of nitrogens with zero attached hydrogens (tertiary/aromatic N) is 1. The fourth-order valence-corrected chi connectivity index (χ4v) is 5.21. The molecule has 7 nitrogen and oxygen atoms in total. The first-order valence-corrected chi connectivity index (χ1v) is 13.5. The molecule has 0 aliphatic heterocycles. The van der Waals surface area contributed by atoms with E-state index in [-0.39, 0.29) is 31.4 Å². The lowest BCUT2D eigenvalue weighted by molar-refractivity contribution is -0.141. The quantitative estimate of drug-likeness (QED) is 0.318. The van der Waals surface area contributed by atoms with Crippen molar-refractivity contribution in [3.05, 3.63) is 94.5 Å². The van der Waals surface area contributed by atoms with Crippen LogP contribution in [0.2, 0.25) is 5.02 Å². The van der Waals surface area contributed by atoms with Crippen molar-refractivity contribution in [1.82, 2.24) is 10.2 Å². The number of fused-ring (bicyclic) bond motifs is 3. The van der Waals surface area contributed by atoms with Gasteiger partial charge < -0.3 is 20.1 Å². The molecule has 0 saturated heterocycles. The van der Waals surface area contributed by atoms with E-state index in [0.29, 0.717) is 17.9 Å². The molecule has 0 radical (unpaired) electrons. The van der Waals surface area contributed by atoms with Crippen LogP contribution in [0.4, 0.5) is 4.79 Å². The van der Waals surface area contributed by atoms with Gasteiger partial charge in [-0.1, -0.05) is 79.2 Å². The Labute approximate surface area is 233 Å². The lowest BCUT2D eigenvalue weighted by Crippen LogP contribution is -2.47. The van der Waals surface area contributed by atoms with Crippen molar-refractivity contribution in [3.8, 4) is 11.1 Å². The van der Waals surface area contributed by atoms with E-state index in [0.717, 1.165) is 27.8 Å². The van der Waals surface area contributed by atoms with E-state index < -0.39 is 24.0 Å². The lowest BCUT2D eigenvalue weighted by atomic mass is 9.98. The van der Waals surface area contributed by atoms with Crippen molar-refractivity contribution in [2.45, 2.75) is 38.1 Å². The predicted octanol–water partition coefficient (Wildman–Crippen LogP) is 5.75. The summed E-state index contributed by atoms with van der Waals surface area (Å²) in [6, 6.07) is 23.2. The normalized spacial score (nSPS) is 13.6. The van der Waals surface area contributed by atoms with Crippen molar-refractivity contribution in [2.24, 2.45) is 5.92 Å². The standard InChI is InChI=1S/C31H33ClN2O5/c1-3-21(17-29(35)36)30(37)33-18-23(16-20-12-14-22(32)15-13-20)34(2)31(38)39-19-28-26-10-6-4-8-24(26)25-9-5-7-11-27(25)28/h4-15,21,23,28H,3,16-19H2,1-2H3,(H,33,37)(H,35,36)/t21-,23-/m1/s1. The van der Waals surface area contributed by atoms with Crippen molar-refractivity contribution in [3.63, 3.8) is 0 Å². The van der Waals surface area contributed by atoms with E-state index >= 15 is 0 Å². The number of aliphatic carboxylic acids is 1. The van der Waals surface area contributed by atoms with Gasteiger partial charge in [-0.25, -0.2) is 4.79 Å². The summed E-state index contributed by atoms with van der Waals surface area (Å²) in [6.45, 7) is 2.12. The van der Waals surface area contributed by atoms with Gasteiger partial charge in [0.15, 0.2) is 0 Å². The first-order chi connectivity index (χ1) is 18.8. The second-order valence-corrected chi connectivity index (χ2v) is 10.3. The summed E-state index contributed by atoms with van der Waals surface area (Å²) in [5, 5.41) is 12.6. The van der Waals surface area contributed by atoms with Crippen molar-refractivity contribution in [2.75, 3.05) is 20.2 Å². The number of carboxylic acid groups (broad SMARTS) is 1. The molecular weight excluding hydrogens is 516 g/mol. The van der Waals surface area contributed by atoms with Crippen LogP contribution in [0.25, 0.3) is 11.1 Å². The van der Waals surface area contributed by atoms with Crippen LogP contribution in [0.5, 0.6) is 0 Å². The zero-order chi connectivity index (χ0) is 27.9. The molecule has 1 aliphatic rings. The summed E-state index contributed by atoms with van der Waals surface area (Å²) in [5.74, 6) is -2.07. The molecule has 8 heteroatoms. The largest absolute Gasteiger partial charge is 0.481 e. The second kappa shape index (κ2) is 12.8. The molecule has 4 rings (SSSR count). The van der Waals surface area contributed by atoms with Crippen LogP contribution in [0.1, 0.15) is 42.4 Å². The molecule has 3 aromatic carbocycles. The maximum Gasteiger partial charge on any atom is 0.409 e. The molecule has 2 N–H and O–H groups in total. The average Bonchev–Trinajstić information content (AvgIpc) is 3.26. The Morgan fingerprint density at radius 2 is 1.56 bits per heavy atom. The highest BCUT2D eigenvalue weighted by molar-refractivity contribution is 6.30. The Morgan fingerprint density at radius 3 is 2.13 bits per heavy atom. The predicted molar refractivity (Wildman–Crippen MR) is 151 cm³/mol. The van der Waals surface area contributed by atoms with Crippen LogP contribution >= 0.6 is 11.6 Å². The number of rotatable bonds is 11. The molecule has 0 aromatic heterocycles. The molecule has 0 fully saturated rings. The number of carbonyl (C=O) groups is 3. The minimum atomic E-state index is -1.02. The van der Waals surface area contributed by atoms with Gasteiger partial charge in [0.05, 0.1) is 12.5 Å². The highest BCUT2D eigenvalue weighted by Gasteiger charge is 2.31. The zero-order valence-corrected chi connectivity index (χ0v) is 22.9. The molecule has 39 heavy (non-hydrogen) atoms. The van der Waals surface area contributed by atoms with Crippen LogP contribution in [0.3, 0.4) is 0 Å². The molecule has 3 aromatic rings. The number of carbonyl (C=O) groups excluding carboxylic acids is 2. The van der Waals surface area contributed by atoms with Gasteiger partial charge in [0.2, 0.25) is 5.91 Å². The Hall–Kier alpha value is -3.84. The van der Waals surface area contributed by atoms with E-state index in [1.807, 2.05) is 36.4 Å². The van der Waals surface area contributed by atoms with Crippen LogP contribution in [-0.2, 0) is 20.7 Å². The smallest absolute Gasteiger partial charge is 0.409 e. The van der Waals surface area contributed by atoms with Gasteiger partial charge in [0.25, 0.3) is 0 Å². The summed E-state index contributed by atoms with van der Waals surface area (Å²) < 4.78 is 5.84. The number of amides is 2. The monoisotopic (exact) mass is 548 g/mol. The van der Waals surface area contributed by atoms with Crippen molar-refractivity contribution >= 4 is 29.6 Å². The summed E-state index contributed by atoms with van der Waals surface area (Å²) >= 11 is 6.04. The fourth-order valence-electron chi connectivity index (χ4n) is 5.08. The fraction of sp³-hybridized carbons (Fsp3) is 0.323. The molecule has 2 amide bonds. The van der Waals surface area contributed by atoms with Gasteiger partial charge in [-0.15, -0.1) is 0 Å². The minimum absolute atomic E-state index is 0.0644. The molecule has 2 atom stereocenters. The molecule has 0 unspecified atom stereocenters. The number of likely N-dealkylation sites (N-methyl/N-ethyl adjacent to an activating group) is 1. The van der Waals surface area contributed by atoms with E-state index in [1.165, 1.54) is 4.90 Å². The number of halogens is 1. The Morgan fingerprint density at radius 1 is 0.974 bits per heavy atom. The highest BCUT2D eigenvalue weighted by Crippen LogP contribution is 2.44. The molecule has 204 valence electrons.